The molecule has 80 valence electrons. The van der Waals surface area contributed by atoms with Crippen LogP contribution in [0.2, 0.25) is 0 Å². The maximum absolute atomic E-state index is 8.33. The van der Waals surface area contributed by atoms with E-state index < -0.39 is 0 Å². The van der Waals surface area contributed by atoms with E-state index in [2.05, 4.69) is 22.1 Å². The lowest BCUT2D eigenvalue weighted by atomic mass is 10.2. The highest BCUT2D eigenvalue weighted by atomic mass is 16.5. The second kappa shape index (κ2) is 4.93. The molecule has 1 aromatic carbocycles. The Morgan fingerprint density at radius 3 is 2.44 bits per heavy atom. The molecule has 16 heavy (non-hydrogen) atoms. The first-order valence-electron chi connectivity index (χ1n) is 4.83. The van der Waals surface area contributed by atoms with Crippen molar-refractivity contribution in [1.82, 2.24) is 14.7 Å². The van der Waals surface area contributed by atoms with Crippen molar-refractivity contribution in [3.63, 3.8) is 0 Å². The summed E-state index contributed by atoms with van der Waals surface area (Å²) >= 11 is 0. The van der Waals surface area contributed by atoms with Crippen LogP contribution in [-0.2, 0) is 0 Å². The fraction of sp³-hybridized carbons (Fsp3) is 0. The number of pyridine rings is 1. The summed E-state index contributed by atoms with van der Waals surface area (Å²) in [6.07, 6.45) is 6.06. The third-order valence-electron chi connectivity index (χ3n) is 2.00. The first kappa shape index (κ1) is 10.2. The number of rotatable bonds is 0. The minimum absolute atomic E-state index is 0.889. The van der Waals surface area contributed by atoms with E-state index in [0.29, 0.717) is 0 Å². The molecule has 0 unspecified atom stereocenters. The van der Waals surface area contributed by atoms with Gasteiger partial charge in [-0.1, -0.05) is 24.3 Å². The minimum atomic E-state index is 0.889. The van der Waals surface area contributed by atoms with Crippen molar-refractivity contribution in [2.45, 2.75) is 0 Å². The Balaban J connectivity index is 0.000000138. The summed E-state index contributed by atoms with van der Waals surface area (Å²) in [4.78, 5) is 7.72. The van der Waals surface area contributed by atoms with Gasteiger partial charge in [0.05, 0.1) is 11.7 Å². The van der Waals surface area contributed by atoms with Crippen LogP contribution in [-0.4, -0.2) is 19.9 Å². The molecule has 0 saturated heterocycles. The van der Waals surface area contributed by atoms with Gasteiger partial charge in [0, 0.05) is 17.8 Å². The zero-order valence-corrected chi connectivity index (χ0v) is 8.56. The Hall–Kier alpha value is -2.36. The third kappa shape index (κ3) is 2.57. The van der Waals surface area contributed by atoms with Gasteiger partial charge in [0.1, 0.15) is 6.33 Å². The Labute approximate surface area is 92.8 Å². The normalized spacial score (nSPS) is 9.50. The summed E-state index contributed by atoms with van der Waals surface area (Å²) in [5.41, 5.74) is 1.06. The van der Waals surface area contributed by atoms with E-state index in [1.807, 2.05) is 30.5 Å². The molecule has 0 radical (unpaired) electrons. The van der Waals surface area contributed by atoms with Gasteiger partial charge in [-0.15, -0.1) is 0 Å². The first-order chi connectivity index (χ1) is 7.86. The molecule has 3 aromatic rings. The van der Waals surface area contributed by atoms with Crippen molar-refractivity contribution in [3.05, 3.63) is 61.3 Å². The smallest absolute Gasteiger partial charge is 0.131 e. The lowest BCUT2D eigenvalue weighted by Crippen LogP contribution is -1.79. The number of nitrogens with zero attached hydrogens (tertiary/aromatic N) is 3. The number of aromatic nitrogens is 3. The number of imidazole rings is 1. The average molecular weight is 213 g/mol. The highest BCUT2D eigenvalue weighted by molar-refractivity contribution is 5.77. The Morgan fingerprint density at radius 2 is 1.81 bits per heavy atom. The predicted octanol–water partition coefficient (Wildman–Crippen LogP) is 2.36. The van der Waals surface area contributed by atoms with Crippen molar-refractivity contribution in [2.24, 2.45) is 0 Å². The maximum atomic E-state index is 8.33. The molecule has 4 heteroatoms. The van der Waals surface area contributed by atoms with Crippen LogP contribution in [0.4, 0.5) is 0 Å². The zero-order chi connectivity index (χ0) is 11.2. The van der Waals surface area contributed by atoms with Gasteiger partial charge >= 0.3 is 0 Å². The molecule has 0 aliphatic carbocycles. The molecule has 0 atom stereocenters. The van der Waals surface area contributed by atoms with Crippen LogP contribution in [0.1, 0.15) is 0 Å². The van der Waals surface area contributed by atoms with Crippen molar-refractivity contribution in [1.29, 1.82) is 0 Å². The zero-order valence-electron chi connectivity index (χ0n) is 8.56. The van der Waals surface area contributed by atoms with Crippen molar-refractivity contribution >= 4 is 10.9 Å². The molecule has 0 saturated carbocycles. The van der Waals surface area contributed by atoms with Crippen LogP contribution in [0.3, 0.4) is 0 Å². The van der Waals surface area contributed by atoms with Crippen molar-refractivity contribution in [3.8, 4) is 0 Å². The molecule has 0 aliphatic heterocycles. The van der Waals surface area contributed by atoms with Crippen LogP contribution in [0.5, 0.6) is 0 Å². The summed E-state index contributed by atoms with van der Waals surface area (Å²) in [5, 5.41) is 9.53. The van der Waals surface area contributed by atoms with E-state index in [1.54, 1.807) is 0 Å². The van der Waals surface area contributed by atoms with Crippen LogP contribution in [0, 0.1) is 0 Å². The SMILES string of the molecule is On1ccnc1.c1ccc2ncccc2c1. The van der Waals surface area contributed by atoms with Crippen LogP contribution in [0.15, 0.2) is 61.3 Å². The molecule has 0 bridgehead atoms. The van der Waals surface area contributed by atoms with Crippen molar-refractivity contribution < 1.29 is 5.21 Å². The highest BCUT2D eigenvalue weighted by Crippen LogP contribution is 2.07. The summed E-state index contributed by atoms with van der Waals surface area (Å²) < 4.78 is 0.889. The quantitative estimate of drug-likeness (QED) is 0.583. The van der Waals surface area contributed by atoms with Gasteiger partial charge < -0.3 is 5.21 Å². The van der Waals surface area contributed by atoms with Gasteiger partial charge in [0.25, 0.3) is 0 Å². The highest BCUT2D eigenvalue weighted by Gasteiger charge is 1.86. The number of hydrogen-bond donors (Lipinski definition) is 1. The topological polar surface area (TPSA) is 50.9 Å². The molecule has 0 amide bonds. The van der Waals surface area contributed by atoms with E-state index in [4.69, 9.17) is 5.21 Å². The van der Waals surface area contributed by atoms with Gasteiger partial charge in [-0.2, -0.15) is 4.73 Å². The first-order valence-corrected chi connectivity index (χ1v) is 4.83. The molecular formula is C12H11N3O. The Bertz CT molecular complexity index is 483. The number of hydrogen-bond acceptors (Lipinski definition) is 3. The lowest BCUT2D eigenvalue weighted by molar-refractivity contribution is 0.186. The molecule has 2 aromatic heterocycles. The lowest BCUT2D eigenvalue weighted by Gasteiger charge is -1.91. The van der Waals surface area contributed by atoms with E-state index in [1.165, 1.54) is 24.1 Å². The standard InChI is InChI=1S/C9H7N.C3H4N2O/c1-2-6-9-8(4-1)5-3-7-10-9;6-5-2-1-4-3-5/h1-7H;1-3,6H. The predicted molar refractivity (Wildman–Crippen MR) is 61.2 cm³/mol. The summed E-state index contributed by atoms with van der Waals surface area (Å²) in [6.45, 7) is 0. The monoisotopic (exact) mass is 213 g/mol. The minimum Gasteiger partial charge on any atom is -0.427 e. The number of benzene rings is 1. The van der Waals surface area contributed by atoms with Gasteiger partial charge in [0.2, 0.25) is 0 Å². The number of para-hydroxylation sites is 1. The third-order valence-corrected chi connectivity index (χ3v) is 2.00. The van der Waals surface area contributed by atoms with Crippen LogP contribution in [0.25, 0.3) is 10.9 Å². The largest absolute Gasteiger partial charge is 0.427 e. The van der Waals surface area contributed by atoms with Gasteiger partial charge in [-0.3, -0.25) is 4.98 Å². The molecule has 0 aliphatic rings. The maximum Gasteiger partial charge on any atom is 0.131 e. The van der Waals surface area contributed by atoms with Crippen molar-refractivity contribution in [2.75, 3.05) is 0 Å². The Morgan fingerprint density at radius 1 is 1.00 bits per heavy atom. The average Bonchev–Trinajstić information content (AvgIpc) is 2.81. The van der Waals surface area contributed by atoms with E-state index in [9.17, 15) is 0 Å². The van der Waals surface area contributed by atoms with Gasteiger partial charge in [0.15, 0.2) is 0 Å². The fourth-order valence-corrected chi connectivity index (χ4v) is 1.27. The van der Waals surface area contributed by atoms with Crippen LogP contribution >= 0.6 is 0 Å². The summed E-state index contributed by atoms with van der Waals surface area (Å²) in [6, 6.07) is 12.1. The number of fused-ring (bicyclic) bond motifs is 1. The van der Waals surface area contributed by atoms with Gasteiger partial charge in [-0.05, 0) is 12.1 Å². The second-order valence-corrected chi connectivity index (χ2v) is 3.14. The van der Waals surface area contributed by atoms with Gasteiger partial charge in [-0.25, -0.2) is 4.98 Å². The fourth-order valence-electron chi connectivity index (χ4n) is 1.27. The molecule has 0 spiro atoms. The summed E-state index contributed by atoms with van der Waals surface area (Å²) in [7, 11) is 0. The molecule has 0 fully saturated rings. The molecule has 2 heterocycles. The molecule has 4 nitrogen and oxygen atoms in total. The van der Waals surface area contributed by atoms with E-state index in [0.717, 1.165) is 10.2 Å². The van der Waals surface area contributed by atoms with Crippen LogP contribution < -0.4 is 0 Å². The molecular weight excluding hydrogens is 202 g/mol. The van der Waals surface area contributed by atoms with E-state index in [-0.39, 0.29) is 0 Å². The second-order valence-electron chi connectivity index (χ2n) is 3.14. The van der Waals surface area contributed by atoms with E-state index >= 15 is 0 Å². The summed E-state index contributed by atoms with van der Waals surface area (Å²) in [5.74, 6) is 0. The molecule has 1 N–H and O–H groups in total. The Kier molecular flexibility index (Phi) is 3.13. The molecule has 3 rings (SSSR count).